The van der Waals surface area contributed by atoms with E-state index in [0.29, 0.717) is 32.0 Å². The maximum atomic E-state index is 11.8. The molecule has 2 rings (SSSR count). The minimum absolute atomic E-state index is 0.0328. The lowest BCUT2D eigenvalue weighted by Crippen LogP contribution is -2.50. The first-order valence-corrected chi connectivity index (χ1v) is 5.42. The van der Waals surface area contributed by atoms with Crippen molar-refractivity contribution in [2.75, 3.05) is 26.2 Å². The zero-order valence-corrected chi connectivity index (χ0v) is 9.59. The van der Waals surface area contributed by atoms with E-state index < -0.39 is 0 Å². The molecule has 17 heavy (non-hydrogen) atoms. The van der Waals surface area contributed by atoms with Crippen LogP contribution in [0.2, 0.25) is 0 Å². The van der Waals surface area contributed by atoms with Crippen LogP contribution in [0.4, 0.5) is 0 Å². The fourth-order valence-electron chi connectivity index (χ4n) is 1.78. The molecule has 0 bridgehead atoms. The summed E-state index contributed by atoms with van der Waals surface area (Å²) >= 11 is 0. The maximum absolute atomic E-state index is 11.8. The smallest absolute Gasteiger partial charge is 0.230 e. The highest BCUT2D eigenvalue weighted by molar-refractivity contribution is 5.78. The van der Waals surface area contributed by atoms with E-state index in [0.717, 1.165) is 0 Å². The number of hydrogen-bond acceptors (Lipinski definition) is 5. The topological polar surface area (TPSA) is 95.1 Å². The molecule has 92 valence electrons. The first-order chi connectivity index (χ1) is 8.16. The van der Waals surface area contributed by atoms with Gasteiger partial charge in [-0.15, -0.1) is 10.2 Å². The van der Waals surface area contributed by atoms with Gasteiger partial charge in [0, 0.05) is 33.1 Å². The first-order valence-electron chi connectivity index (χ1n) is 5.42. The summed E-state index contributed by atoms with van der Waals surface area (Å²) in [6.07, 6.45) is 0.149. The monoisotopic (exact) mass is 238 g/mol. The Balaban J connectivity index is 1.84. The summed E-state index contributed by atoms with van der Waals surface area (Å²) in [6, 6.07) is 0. The lowest BCUT2D eigenvalue weighted by molar-refractivity contribution is -0.138. The molecule has 0 aromatic carbocycles. The minimum atomic E-state index is -0.0328. The average Bonchev–Trinajstić information content (AvgIpc) is 2.82. The molecule has 1 aromatic rings. The molecule has 0 radical (unpaired) electrons. The molecule has 1 fully saturated rings. The van der Waals surface area contributed by atoms with Crippen molar-refractivity contribution in [2.24, 2.45) is 0 Å². The van der Waals surface area contributed by atoms with Gasteiger partial charge in [-0.1, -0.05) is 5.21 Å². The Labute approximate surface area is 98.0 Å². The van der Waals surface area contributed by atoms with E-state index in [1.807, 2.05) is 0 Å². The Kier molecular flexibility index (Phi) is 3.31. The predicted molar refractivity (Wildman–Crippen MR) is 56.7 cm³/mol. The molecule has 1 saturated heterocycles. The van der Waals surface area contributed by atoms with Gasteiger partial charge in [-0.25, -0.2) is 0 Å². The first kappa shape index (κ1) is 11.5. The van der Waals surface area contributed by atoms with Crippen molar-refractivity contribution in [2.45, 2.75) is 13.3 Å². The molecular formula is C9H14N6O2. The fourth-order valence-corrected chi connectivity index (χ4v) is 1.78. The normalized spacial score (nSPS) is 16.1. The summed E-state index contributed by atoms with van der Waals surface area (Å²) in [5.74, 6) is 0.411. The van der Waals surface area contributed by atoms with Gasteiger partial charge in [0.2, 0.25) is 11.8 Å². The molecular weight excluding hydrogens is 224 g/mol. The van der Waals surface area contributed by atoms with Gasteiger partial charge in [0.15, 0.2) is 5.82 Å². The van der Waals surface area contributed by atoms with Crippen molar-refractivity contribution in [3.05, 3.63) is 5.82 Å². The number of piperazine rings is 1. The van der Waals surface area contributed by atoms with Crippen molar-refractivity contribution >= 4 is 11.8 Å². The summed E-state index contributed by atoms with van der Waals surface area (Å²) in [5, 5.41) is 13.2. The van der Waals surface area contributed by atoms with Crippen molar-refractivity contribution in [1.29, 1.82) is 0 Å². The second-order valence-electron chi connectivity index (χ2n) is 3.89. The number of amides is 2. The van der Waals surface area contributed by atoms with Gasteiger partial charge in [0.1, 0.15) is 0 Å². The lowest BCUT2D eigenvalue weighted by Gasteiger charge is -2.34. The van der Waals surface area contributed by atoms with E-state index in [9.17, 15) is 9.59 Å². The van der Waals surface area contributed by atoms with Crippen molar-refractivity contribution in [3.63, 3.8) is 0 Å². The number of hydrogen-bond donors (Lipinski definition) is 1. The predicted octanol–water partition coefficient (Wildman–Crippen LogP) is -1.57. The van der Waals surface area contributed by atoms with Crippen LogP contribution in [0.15, 0.2) is 0 Å². The number of aromatic amines is 1. The molecule has 1 aliphatic rings. The SMILES string of the molecule is CC(=O)N1CCN(C(=O)Cc2nn[nH]n2)CC1. The molecule has 0 unspecified atom stereocenters. The summed E-state index contributed by atoms with van der Waals surface area (Å²) in [7, 11) is 0. The average molecular weight is 238 g/mol. The van der Waals surface area contributed by atoms with Crippen LogP contribution in [0.1, 0.15) is 12.7 Å². The number of tetrazole rings is 1. The van der Waals surface area contributed by atoms with Gasteiger partial charge >= 0.3 is 0 Å². The van der Waals surface area contributed by atoms with E-state index >= 15 is 0 Å². The van der Waals surface area contributed by atoms with Gasteiger partial charge in [0.05, 0.1) is 6.42 Å². The van der Waals surface area contributed by atoms with Crippen LogP contribution in [0, 0.1) is 0 Å². The Morgan fingerprint density at radius 3 is 2.41 bits per heavy atom. The Hall–Kier alpha value is -1.99. The molecule has 0 spiro atoms. The largest absolute Gasteiger partial charge is 0.339 e. The molecule has 0 atom stereocenters. The minimum Gasteiger partial charge on any atom is -0.339 e. The third kappa shape index (κ3) is 2.77. The van der Waals surface area contributed by atoms with E-state index in [4.69, 9.17) is 0 Å². The zero-order valence-electron chi connectivity index (χ0n) is 9.59. The second-order valence-corrected chi connectivity index (χ2v) is 3.89. The number of nitrogens with zero attached hydrogens (tertiary/aromatic N) is 5. The third-order valence-electron chi connectivity index (χ3n) is 2.78. The number of nitrogens with one attached hydrogen (secondary N) is 1. The van der Waals surface area contributed by atoms with E-state index in [1.54, 1.807) is 9.80 Å². The summed E-state index contributed by atoms with van der Waals surface area (Å²) in [5.41, 5.74) is 0. The lowest BCUT2D eigenvalue weighted by atomic mass is 10.2. The highest BCUT2D eigenvalue weighted by Crippen LogP contribution is 2.04. The van der Waals surface area contributed by atoms with Crippen molar-refractivity contribution in [3.8, 4) is 0 Å². The molecule has 0 aliphatic carbocycles. The number of carbonyl (C=O) groups excluding carboxylic acids is 2. The molecule has 1 N–H and O–H groups in total. The number of carbonyl (C=O) groups is 2. The number of aromatic nitrogens is 4. The summed E-state index contributed by atoms with van der Waals surface area (Å²) < 4.78 is 0. The zero-order chi connectivity index (χ0) is 12.3. The second kappa shape index (κ2) is 4.89. The molecule has 8 nitrogen and oxygen atoms in total. The highest BCUT2D eigenvalue weighted by atomic mass is 16.2. The van der Waals surface area contributed by atoms with E-state index in [-0.39, 0.29) is 18.2 Å². The van der Waals surface area contributed by atoms with Crippen molar-refractivity contribution < 1.29 is 9.59 Å². The maximum Gasteiger partial charge on any atom is 0.230 e. The van der Waals surface area contributed by atoms with Crippen LogP contribution >= 0.6 is 0 Å². The van der Waals surface area contributed by atoms with Gasteiger partial charge in [-0.3, -0.25) is 9.59 Å². The van der Waals surface area contributed by atoms with Gasteiger partial charge in [-0.2, -0.15) is 5.21 Å². The van der Waals surface area contributed by atoms with Gasteiger partial charge < -0.3 is 9.80 Å². The van der Waals surface area contributed by atoms with Crippen LogP contribution in [0.5, 0.6) is 0 Å². The van der Waals surface area contributed by atoms with E-state index in [2.05, 4.69) is 20.6 Å². The van der Waals surface area contributed by atoms with Gasteiger partial charge in [0.25, 0.3) is 0 Å². The van der Waals surface area contributed by atoms with Crippen LogP contribution in [0.25, 0.3) is 0 Å². The molecule has 2 amide bonds. The van der Waals surface area contributed by atoms with Gasteiger partial charge in [-0.05, 0) is 0 Å². The van der Waals surface area contributed by atoms with Crippen molar-refractivity contribution in [1.82, 2.24) is 30.4 Å². The van der Waals surface area contributed by atoms with Crippen LogP contribution in [0.3, 0.4) is 0 Å². The quantitative estimate of drug-likeness (QED) is 0.672. The van der Waals surface area contributed by atoms with Crippen LogP contribution in [-0.4, -0.2) is 68.4 Å². The van der Waals surface area contributed by atoms with Crippen LogP contribution < -0.4 is 0 Å². The summed E-state index contributed by atoms with van der Waals surface area (Å²) in [6.45, 7) is 3.85. The number of rotatable bonds is 2. The standard InChI is InChI=1S/C9H14N6O2/c1-7(16)14-2-4-15(5-3-14)9(17)6-8-10-12-13-11-8/h2-6H2,1H3,(H,10,11,12,13). The molecule has 1 aromatic heterocycles. The molecule has 1 aliphatic heterocycles. The molecule has 2 heterocycles. The third-order valence-corrected chi connectivity index (χ3v) is 2.78. The number of H-pyrrole nitrogens is 1. The van der Waals surface area contributed by atoms with E-state index in [1.165, 1.54) is 6.92 Å². The molecule has 8 heteroatoms. The fraction of sp³-hybridized carbons (Fsp3) is 0.667. The van der Waals surface area contributed by atoms with Crippen LogP contribution in [-0.2, 0) is 16.0 Å². The highest BCUT2D eigenvalue weighted by Gasteiger charge is 2.23. The Morgan fingerprint density at radius 2 is 1.88 bits per heavy atom. The molecule has 0 saturated carbocycles. The Bertz CT molecular complexity index is 396. The summed E-state index contributed by atoms with van der Waals surface area (Å²) in [4.78, 5) is 26.4. The Morgan fingerprint density at radius 1 is 1.24 bits per heavy atom.